The molecule has 0 unspecified atom stereocenters. The summed E-state index contributed by atoms with van der Waals surface area (Å²) < 4.78 is 88.9. The Labute approximate surface area is 345 Å². The maximum Gasteiger partial charge on any atom is 0.573 e. The SMILES string of the molecule is Cc1nc2ccc(OC(F)(F)F)cc2c2c1O[C@]1(CC2)C[C@H]2C(=O)N[C@]3(C(=O)NS(=O)(=O)C4(C)CC4)CC[C@H]3/C=C\CCCCC[C@H](NC(=O)OCC3COC3)C(=O)N2C1. The molecule has 0 bridgehead atoms. The summed E-state index contributed by atoms with van der Waals surface area (Å²) in [5.74, 6) is -2.68. The van der Waals surface area contributed by atoms with Crippen molar-refractivity contribution in [3.8, 4) is 11.5 Å². The number of hydrogen-bond donors (Lipinski definition) is 3. The second-order valence-electron chi connectivity index (χ2n) is 17.5. The maximum absolute atomic E-state index is 14.8. The molecule has 0 radical (unpaired) electrons. The third kappa shape index (κ3) is 8.22. The van der Waals surface area contributed by atoms with Crippen LogP contribution in [0.3, 0.4) is 0 Å². The monoisotopic (exact) mass is 861 g/mol. The zero-order valence-electron chi connectivity index (χ0n) is 33.5. The summed E-state index contributed by atoms with van der Waals surface area (Å²) in [6.45, 7) is 4.18. The van der Waals surface area contributed by atoms with E-state index in [0.717, 1.165) is 6.42 Å². The van der Waals surface area contributed by atoms with E-state index in [4.69, 9.17) is 14.2 Å². The number of rotatable bonds is 7. The van der Waals surface area contributed by atoms with Gasteiger partial charge in [0.25, 0.3) is 5.91 Å². The van der Waals surface area contributed by atoms with Gasteiger partial charge in [0.15, 0.2) is 0 Å². The molecule has 2 aliphatic carbocycles. The van der Waals surface area contributed by atoms with Crippen LogP contribution in [0.25, 0.3) is 10.9 Å². The van der Waals surface area contributed by atoms with E-state index in [-0.39, 0.29) is 51.2 Å². The van der Waals surface area contributed by atoms with Crippen molar-refractivity contribution < 1.29 is 59.7 Å². The number of sulfonamides is 1. The standard InChI is InChI=1S/C41H50F3N5O10S/c1-24-33-28(29-18-27(58-41(42,43)44)10-11-30(29)45-24)13-14-39(59-33)19-32-34(50)47-40(36(52)48-60(54,55)38(2)16-17-38)15-12-26(40)8-6-4-3-5-7-9-31(35(51)49(32)23-39)46-37(53)57-22-25-20-56-21-25/h6,8,10-11,18,25-26,31-32H,3-5,7,9,12-17,19-23H2,1-2H3,(H,46,53)(H,47,50)(H,48,52)/b8-6-/t26-,31+,32+,39-,40-/m1/s1. The molecular weight excluding hydrogens is 812 g/mol. The summed E-state index contributed by atoms with van der Waals surface area (Å²) in [4.78, 5) is 62.9. The molecule has 5 heterocycles. The molecule has 60 heavy (non-hydrogen) atoms. The fraction of sp³-hybridized carbons (Fsp3) is 0.634. The fourth-order valence-corrected chi connectivity index (χ4v) is 10.3. The highest BCUT2D eigenvalue weighted by atomic mass is 32.2. The van der Waals surface area contributed by atoms with Crippen LogP contribution in [0.4, 0.5) is 18.0 Å². The van der Waals surface area contributed by atoms with Crippen molar-refractivity contribution in [2.24, 2.45) is 11.8 Å². The number of allylic oxidation sites excluding steroid dienone is 1. The van der Waals surface area contributed by atoms with Crippen LogP contribution in [-0.2, 0) is 40.3 Å². The number of nitrogens with zero attached hydrogens (tertiary/aromatic N) is 2. The summed E-state index contributed by atoms with van der Waals surface area (Å²) in [5, 5.41) is 6.07. The Balaban J connectivity index is 1.13. The number of alkyl carbamates (subject to hydrolysis) is 1. The Hall–Kier alpha value is -4.65. The van der Waals surface area contributed by atoms with Gasteiger partial charge in [0.2, 0.25) is 21.8 Å². The number of hydrogen-bond acceptors (Lipinski definition) is 11. The minimum atomic E-state index is -4.91. The van der Waals surface area contributed by atoms with Gasteiger partial charge in [-0.1, -0.05) is 25.0 Å². The highest BCUT2D eigenvalue weighted by Gasteiger charge is 2.59. The topological polar surface area (TPSA) is 192 Å². The van der Waals surface area contributed by atoms with E-state index < -0.39 is 79.8 Å². The first-order chi connectivity index (χ1) is 28.4. The maximum atomic E-state index is 14.8. The molecule has 1 aromatic heterocycles. The first-order valence-electron chi connectivity index (χ1n) is 20.6. The van der Waals surface area contributed by atoms with Gasteiger partial charge in [0.1, 0.15) is 41.3 Å². The molecule has 8 rings (SSSR count). The molecule has 4 aliphatic heterocycles. The Morgan fingerprint density at radius 1 is 1.08 bits per heavy atom. The molecule has 2 saturated heterocycles. The van der Waals surface area contributed by atoms with E-state index in [2.05, 4.69) is 25.1 Å². The van der Waals surface area contributed by atoms with Gasteiger partial charge in [-0.2, -0.15) is 0 Å². The molecule has 2 aromatic rings. The minimum Gasteiger partial charge on any atom is -0.483 e. The molecule has 1 aromatic carbocycles. The number of nitrogens with one attached hydrogen (secondary N) is 3. The third-order valence-corrected chi connectivity index (χ3v) is 15.3. The van der Waals surface area contributed by atoms with Gasteiger partial charge in [-0.25, -0.2) is 18.2 Å². The van der Waals surface area contributed by atoms with Gasteiger partial charge in [-0.3, -0.25) is 19.1 Å². The second kappa shape index (κ2) is 15.7. The van der Waals surface area contributed by atoms with E-state index in [1.807, 2.05) is 12.2 Å². The lowest BCUT2D eigenvalue weighted by atomic mass is 9.65. The summed E-state index contributed by atoms with van der Waals surface area (Å²) in [7, 11) is -4.07. The largest absolute Gasteiger partial charge is 0.573 e. The lowest BCUT2D eigenvalue weighted by molar-refractivity contribution is -0.274. The van der Waals surface area contributed by atoms with Crippen molar-refractivity contribution >= 4 is 44.7 Å². The van der Waals surface area contributed by atoms with Crippen LogP contribution >= 0.6 is 0 Å². The molecule has 1 spiro atoms. The quantitative estimate of drug-likeness (QED) is 0.329. The van der Waals surface area contributed by atoms with Crippen LogP contribution in [0.1, 0.15) is 88.8 Å². The van der Waals surface area contributed by atoms with E-state index >= 15 is 0 Å². The van der Waals surface area contributed by atoms with Crippen LogP contribution in [0, 0.1) is 18.8 Å². The number of pyridine rings is 1. The van der Waals surface area contributed by atoms with Gasteiger partial charge in [-0.05, 0) is 89.8 Å². The van der Waals surface area contributed by atoms with Crippen LogP contribution in [0.5, 0.6) is 11.5 Å². The Bertz CT molecular complexity index is 2210. The van der Waals surface area contributed by atoms with Crippen molar-refractivity contribution in [3.63, 3.8) is 0 Å². The zero-order chi connectivity index (χ0) is 42.7. The highest BCUT2D eigenvalue weighted by Crippen LogP contribution is 2.47. The van der Waals surface area contributed by atoms with E-state index in [1.54, 1.807) is 13.8 Å². The number of aryl methyl sites for hydroxylation is 2. The number of halogens is 3. The normalized spacial score (nSPS) is 29.8. The summed E-state index contributed by atoms with van der Waals surface area (Å²) >= 11 is 0. The molecule has 19 heteroatoms. The van der Waals surface area contributed by atoms with Gasteiger partial charge in [-0.15, -0.1) is 13.2 Å². The van der Waals surface area contributed by atoms with Gasteiger partial charge < -0.3 is 34.5 Å². The second-order valence-corrected chi connectivity index (χ2v) is 19.7. The lowest BCUT2D eigenvalue weighted by Gasteiger charge is -2.48. The number of carbonyl (C=O) groups is 4. The van der Waals surface area contributed by atoms with Crippen molar-refractivity contribution in [1.82, 2.24) is 25.2 Å². The number of aromatic nitrogens is 1. The molecule has 326 valence electrons. The molecule has 4 fully saturated rings. The van der Waals surface area contributed by atoms with Crippen LogP contribution in [0.15, 0.2) is 30.4 Å². The number of benzene rings is 1. The van der Waals surface area contributed by atoms with Crippen molar-refractivity contribution in [2.75, 3.05) is 26.4 Å². The summed E-state index contributed by atoms with van der Waals surface area (Å²) in [6.07, 6.45) is 2.92. The van der Waals surface area contributed by atoms with Gasteiger partial charge >= 0.3 is 12.5 Å². The first kappa shape index (κ1) is 42.1. The smallest absolute Gasteiger partial charge is 0.483 e. The lowest BCUT2D eigenvalue weighted by Crippen LogP contribution is -2.70. The molecule has 4 amide bonds. The average molecular weight is 862 g/mol. The Morgan fingerprint density at radius 3 is 2.55 bits per heavy atom. The van der Waals surface area contributed by atoms with Crippen molar-refractivity contribution in [2.45, 2.75) is 125 Å². The Kier molecular flexibility index (Phi) is 11.0. The molecule has 2 saturated carbocycles. The summed E-state index contributed by atoms with van der Waals surface area (Å²) in [5.41, 5.74) is -1.33. The van der Waals surface area contributed by atoms with Crippen LogP contribution in [0.2, 0.25) is 0 Å². The number of carbonyl (C=O) groups excluding carboxylic acids is 4. The van der Waals surface area contributed by atoms with E-state index in [9.17, 15) is 40.8 Å². The Morgan fingerprint density at radius 2 is 1.87 bits per heavy atom. The number of amides is 4. The molecule has 5 atom stereocenters. The van der Waals surface area contributed by atoms with Gasteiger partial charge in [0.05, 0.1) is 35.7 Å². The van der Waals surface area contributed by atoms with Crippen LogP contribution in [-0.4, -0.2) is 103 Å². The summed E-state index contributed by atoms with van der Waals surface area (Å²) in [6, 6.07) is 1.56. The average Bonchev–Trinajstić information content (AvgIpc) is 3.82. The van der Waals surface area contributed by atoms with E-state index in [0.29, 0.717) is 79.6 Å². The number of ether oxygens (including phenoxy) is 4. The van der Waals surface area contributed by atoms with Crippen molar-refractivity contribution in [3.05, 3.63) is 41.6 Å². The third-order valence-electron chi connectivity index (χ3n) is 13.1. The highest BCUT2D eigenvalue weighted by molar-refractivity contribution is 7.91. The molecular formula is C41H50F3N5O10S. The predicted molar refractivity (Wildman–Crippen MR) is 208 cm³/mol. The zero-order valence-corrected chi connectivity index (χ0v) is 34.3. The van der Waals surface area contributed by atoms with Gasteiger partial charge in [0, 0.05) is 29.2 Å². The first-order valence-corrected chi connectivity index (χ1v) is 22.1. The molecule has 3 N–H and O–H groups in total. The van der Waals surface area contributed by atoms with Crippen molar-refractivity contribution in [1.29, 1.82) is 0 Å². The fourth-order valence-electron chi connectivity index (χ4n) is 9.00. The predicted octanol–water partition coefficient (Wildman–Crippen LogP) is 4.63. The molecule has 6 aliphatic rings. The van der Waals surface area contributed by atoms with Crippen LogP contribution < -0.4 is 24.8 Å². The number of alkyl halides is 3. The number of fused-ring (bicyclic) bond motifs is 5. The van der Waals surface area contributed by atoms with E-state index in [1.165, 1.54) is 23.1 Å². The minimum absolute atomic E-state index is 0.0473. The molecule has 15 nitrogen and oxygen atoms in total.